The van der Waals surface area contributed by atoms with Gasteiger partial charge in [-0.2, -0.15) is 5.10 Å². The first kappa shape index (κ1) is 13.9. The van der Waals surface area contributed by atoms with E-state index in [2.05, 4.69) is 34.3 Å². The first-order valence-corrected chi connectivity index (χ1v) is 7.63. The molecule has 1 N–H and O–H groups in total. The Labute approximate surface area is 115 Å². The summed E-state index contributed by atoms with van der Waals surface area (Å²) < 4.78 is 2.16. The van der Waals surface area contributed by atoms with Gasteiger partial charge in [-0.15, -0.1) is 11.6 Å². The topological polar surface area (TPSA) is 29.9 Å². The molecule has 3 nitrogen and oxygen atoms in total. The van der Waals surface area contributed by atoms with E-state index in [1.165, 1.54) is 25.7 Å². The highest BCUT2D eigenvalue weighted by molar-refractivity contribution is 6.17. The zero-order chi connectivity index (χ0) is 12.8. The summed E-state index contributed by atoms with van der Waals surface area (Å²) in [5.41, 5.74) is 1.15. The zero-order valence-corrected chi connectivity index (χ0v) is 12.0. The van der Waals surface area contributed by atoms with Gasteiger partial charge < -0.3 is 5.32 Å². The number of hydrogen-bond donors (Lipinski definition) is 1. The normalized spacial score (nSPS) is 18.3. The van der Waals surface area contributed by atoms with Gasteiger partial charge in [0, 0.05) is 18.6 Å². The van der Waals surface area contributed by atoms with Crippen LogP contribution in [0.25, 0.3) is 0 Å². The lowest BCUT2D eigenvalue weighted by Gasteiger charge is -2.10. The number of nitrogens with zero attached hydrogens (tertiary/aromatic N) is 2. The Hall–Kier alpha value is -0.540. The third-order valence-corrected chi connectivity index (χ3v) is 3.98. The van der Waals surface area contributed by atoms with E-state index in [-0.39, 0.29) is 0 Å². The molecule has 0 aliphatic heterocycles. The molecule has 0 amide bonds. The van der Waals surface area contributed by atoms with Crippen LogP contribution in [0.15, 0.2) is 12.3 Å². The van der Waals surface area contributed by atoms with Crippen molar-refractivity contribution in [1.29, 1.82) is 0 Å². The molecule has 18 heavy (non-hydrogen) atoms. The average Bonchev–Trinajstić information content (AvgIpc) is 2.99. The van der Waals surface area contributed by atoms with Crippen molar-refractivity contribution in [2.24, 2.45) is 5.92 Å². The second kappa shape index (κ2) is 7.15. The maximum Gasteiger partial charge on any atom is 0.0762 e. The molecule has 102 valence electrons. The fourth-order valence-electron chi connectivity index (χ4n) is 2.58. The molecule has 2 rings (SSSR count). The van der Waals surface area contributed by atoms with Crippen molar-refractivity contribution < 1.29 is 0 Å². The number of alkyl halides is 1. The number of rotatable bonds is 7. The van der Waals surface area contributed by atoms with Crippen molar-refractivity contribution in [2.75, 3.05) is 12.4 Å². The monoisotopic (exact) mass is 269 g/mol. The average molecular weight is 270 g/mol. The quantitative estimate of drug-likeness (QED) is 0.770. The molecule has 1 aromatic rings. The van der Waals surface area contributed by atoms with Crippen LogP contribution in [0, 0.1) is 5.92 Å². The molecule has 0 saturated heterocycles. The van der Waals surface area contributed by atoms with Crippen LogP contribution in [0.2, 0.25) is 0 Å². The van der Waals surface area contributed by atoms with Gasteiger partial charge in [-0.05, 0) is 37.8 Å². The van der Waals surface area contributed by atoms with E-state index in [1.807, 2.05) is 0 Å². The molecule has 0 spiro atoms. The Balaban J connectivity index is 1.73. The Morgan fingerprint density at radius 2 is 2.28 bits per heavy atom. The molecule has 1 unspecified atom stereocenters. The van der Waals surface area contributed by atoms with Crippen LogP contribution in [0.1, 0.15) is 50.8 Å². The maximum absolute atomic E-state index is 5.72. The molecule has 1 saturated carbocycles. The van der Waals surface area contributed by atoms with Gasteiger partial charge in [0.05, 0.1) is 11.7 Å². The second-order valence-electron chi connectivity index (χ2n) is 5.44. The minimum absolute atomic E-state index is 0.638. The van der Waals surface area contributed by atoms with Gasteiger partial charge in [0.25, 0.3) is 0 Å². The Bertz CT molecular complexity index is 345. The zero-order valence-electron chi connectivity index (χ0n) is 11.2. The molecule has 4 heteroatoms. The molecule has 0 radical (unpaired) electrons. The predicted molar refractivity (Wildman–Crippen MR) is 75.9 cm³/mol. The summed E-state index contributed by atoms with van der Waals surface area (Å²) in [7, 11) is 0. The van der Waals surface area contributed by atoms with Crippen LogP contribution in [-0.2, 0) is 6.54 Å². The fourth-order valence-corrected chi connectivity index (χ4v) is 2.95. The third-order valence-electron chi connectivity index (χ3n) is 3.76. The first-order valence-electron chi connectivity index (χ1n) is 7.10. The highest BCUT2D eigenvalue weighted by Crippen LogP contribution is 2.28. The van der Waals surface area contributed by atoms with Gasteiger partial charge in [-0.25, -0.2) is 0 Å². The maximum atomic E-state index is 5.72. The highest BCUT2D eigenvalue weighted by Gasteiger charge is 2.17. The summed E-state index contributed by atoms with van der Waals surface area (Å²) in [6, 6.07) is 2.78. The van der Waals surface area contributed by atoms with Crippen molar-refractivity contribution in [3.8, 4) is 0 Å². The summed E-state index contributed by atoms with van der Waals surface area (Å²) in [4.78, 5) is 0. The minimum atomic E-state index is 0.638. The van der Waals surface area contributed by atoms with Gasteiger partial charge in [-0.1, -0.05) is 19.8 Å². The van der Waals surface area contributed by atoms with E-state index in [9.17, 15) is 0 Å². The Kier molecular flexibility index (Phi) is 5.51. The molecule has 1 fully saturated rings. The standard InChI is InChI=1S/C14H24ClN3/c1-12(6-8-15)10-16-11-13-7-9-18(17-13)14-4-2-3-5-14/h7,9,12,14,16H,2-6,8,10-11H2,1H3. The van der Waals surface area contributed by atoms with E-state index >= 15 is 0 Å². The Morgan fingerprint density at radius 3 is 3.00 bits per heavy atom. The van der Waals surface area contributed by atoms with Crippen molar-refractivity contribution in [3.05, 3.63) is 18.0 Å². The second-order valence-corrected chi connectivity index (χ2v) is 5.82. The third kappa shape index (κ3) is 3.99. The molecule has 1 aliphatic rings. The van der Waals surface area contributed by atoms with Crippen LogP contribution < -0.4 is 5.32 Å². The minimum Gasteiger partial charge on any atom is -0.311 e. The predicted octanol–water partition coefficient (Wildman–Crippen LogP) is 3.35. The molecule has 1 aromatic heterocycles. The van der Waals surface area contributed by atoms with Crippen molar-refractivity contribution >= 4 is 11.6 Å². The number of aromatic nitrogens is 2. The lowest BCUT2D eigenvalue weighted by molar-refractivity contribution is 0.456. The van der Waals surface area contributed by atoms with Crippen LogP contribution in [0.5, 0.6) is 0 Å². The molecule has 0 aromatic carbocycles. The summed E-state index contributed by atoms with van der Waals surface area (Å²) in [6.07, 6.45) is 8.50. The molecule has 0 bridgehead atoms. The first-order chi connectivity index (χ1) is 8.79. The molecule has 1 heterocycles. The number of halogens is 1. The molecule has 1 aliphatic carbocycles. The van der Waals surface area contributed by atoms with E-state index in [4.69, 9.17) is 11.6 Å². The fraction of sp³-hybridized carbons (Fsp3) is 0.786. The van der Waals surface area contributed by atoms with Crippen LogP contribution >= 0.6 is 11.6 Å². The molecular weight excluding hydrogens is 246 g/mol. The van der Waals surface area contributed by atoms with E-state index in [1.54, 1.807) is 0 Å². The smallest absolute Gasteiger partial charge is 0.0762 e. The summed E-state index contributed by atoms with van der Waals surface area (Å²) in [5.74, 6) is 1.39. The lowest BCUT2D eigenvalue weighted by atomic mass is 10.1. The van der Waals surface area contributed by atoms with Gasteiger partial charge in [0.1, 0.15) is 0 Å². The van der Waals surface area contributed by atoms with Crippen molar-refractivity contribution in [2.45, 2.75) is 51.6 Å². The molecule has 1 atom stereocenters. The van der Waals surface area contributed by atoms with Gasteiger partial charge in [-0.3, -0.25) is 4.68 Å². The SMILES string of the molecule is CC(CCCl)CNCc1ccn(C2CCCC2)n1. The van der Waals surface area contributed by atoms with Crippen LogP contribution in [-0.4, -0.2) is 22.2 Å². The largest absolute Gasteiger partial charge is 0.311 e. The Morgan fingerprint density at radius 1 is 1.50 bits per heavy atom. The van der Waals surface area contributed by atoms with Gasteiger partial charge >= 0.3 is 0 Å². The van der Waals surface area contributed by atoms with E-state index in [0.717, 1.165) is 31.1 Å². The van der Waals surface area contributed by atoms with Gasteiger partial charge in [0.15, 0.2) is 0 Å². The summed E-state index contributed by atoms with van der Waals surface area (Å²) in [6.45, 7) is 4.11. The summed E-state index contributed by atoms with van der Waals surface area (Å²) in [5, 5.41) is 8.12. The number of hydrogen-bond acceptors (Lipinski definition) is 2. The van der Waals surface area contributed by atoms with E-state index < -0.39 is 0 Å². The van der Waals surface area contributed by atoms with Crippen molar-refractivity contribution in [3.63, 3.8) is 0 Å². The molecular formula is C14H24ClN3. The highest BCUT2D eigenvalue weighted by atomic mass is 35.5. The van der Waals surface area contributed by atoms with Gasteiger partial charge in [0.2, 0.25) is 0 Å². The lowest BCUT2D eigenvalue weighted by Crippen LogP contribution is -2.21. The van der Waals surface area contributed by atoms with Crippen LogP contribution in [0.4, 0.5) is 0 Å². The number of nitrogens with one attached hydrogen (secondary N) is 1. The van der Waals surface area contributed by atoms with E-state index in [0.29, 0.717) is 12.0 Å². The summed E-state index contributed by atoms with van der Waals surface area (Å²) >= 11 is 5.72. The van der Waals surface area contributed by atoms with Crippen molar-refractivity contribution in [1.82, 2.24) is 15.1 Å². The van der Waals surface area contributed by atoms with Crippen LogP contribution in [0.3, 0.4) is 0 Å².